The first kappa shape index (κ1) is 56.5. The molecule has 6 aromatic rings. The zero-order chi connectivity index (χ0) is 50.9. The number of hydrogen-bond donors (Lipinski definition) is 4. The molecule has 1 aliphatic carbocycles. The Labute approximate surface area is 467 Å². The van der Waals surface area contributed by atoms with Crippen molar-refractivity contribution in [2.75, 3.05) is 33.9 Å². The molecule has 4 fully saturated rings. The van der Waals surface area contributed by atoms with E-state index in [1.54, 1.807) is 11.3 Å². The molecule has 0 bridgehead atoms. The monoisotopic (exact) mass is 1110 g/mol. The van der Waals surface area contributed by atoms with Crippen molar-refractivity contribution in [3.05, 3.63) is 82.1 Å². The Morgan fingerprint density at radius 2 is 1.43 bits per heavy atom. The summed E-state index contributed by atoms with van der Waals surface area (Å²) in [6, 6.07) is 10.9. The van der Waals surface area contributed by atoms with Crippen LogP contribution in [0.15, 0.2) is 55.0 Å². The van der Waals surface area contributed by atoms with Crippen LogP contribution in [0.1, 0.15) is 130 Å². The molecule has 18 nitrogen and oxygen atoms in total. The van der Waals surface area contributed by atoms with Gasteiger partial charge in [0.15, 0.2) is 0 Å². The number of rotatable bonds is 12. The van der Waals surface area contributed by atoms with Crippen molar-refractivity contribution in [2.45, 2.75) is 128 Å². The Morgan fingerprint density at radius 3 is 2.07 bits per heavy atom. The molecular formula is C54H70N10O8S4. The summed E-state index contributed by atoms with van der Waals surface area (Å²) in [7, 11) is 2.61. The summed E-state index contributed by atoms with van der Waals surface area (Å²) in [6.45, 7) is 11.6. The van der Waals surface area contributed by atoms with Crippen LogP contribution >= 0.6 is 51.8 Å². The zero-order valence-corrected chi connectivity index (χ0v) is 47.8. The van der Waals surface area contributed by atoms with E-state index in [0.717, 1.165) is 104 Å². The fraction of sp³-hybridized carbons (Fsp3) is 0.500. The SMILES string of the molecule is COC(=O)NC(C(=O)N1CCC[C@H]1c1ncc(-c2ccc3c(c2)cc2n3C(c3cnc(C4CC4)s3)Oc3cc(-c4cnc([C@@H]5CCCN5C(=O)[C@@H](NC(=O)OC)C(C)C)[nH]4)cc(C)c3-2)[nH]1)C1CCOC(C)(C)C1.S.S.S. The lowest BCUT2D eigenvalue weighted by Gasteiger charge is -2.40. The minimum atomic E-state index is -0.750. The first-order valence-electron chi connectivity index (χ1n) is 25.6. The van der Waals surface area contributed by atoms with Crippen LogP contribution in [0.2, 0.25) is 0 Å². The predicted molar refractivity (Wildman–Crippen MR) is 305 cm³/mol. The first-order chi connectivity index (χ1) is 35.2. The van der Waals surface area contributed by atoms with Gasteiger partial charge in [0.2, 0.25) is 18.0 Å². The van der Waals surface area contributed by atoms with Crippen LogP contribution in [0, 0.1) is 18.8 Å². The largest absolute Gasteiger partial charge is 0.464 e. The molecule has 1 saturated carbocycles. The highest BCUT2D eigenvalue weighted by molar-refractivity contribution is 7.59. The molecule has 408 valence electrons. The van der Waals surface area contributed by atoms with Gasteiger partial charge in [0.25, 0.3) is 0 Å². The third-order valence-corrected chi connectivity index (χ3v) is 16.6. The third-order valence-electron chi connectivity index (χ3n) is 15.4. The molecule has 22 heteroatoms. The maximum atomic E-state index is 14.5. The number of aryl methyl sites for hydroxylation is 1. The Bertz CT molecular complexity index is 3110. The van der Waals surface area contributed by atoms with Crippen LogP contribution in [0.5, 0.6) is 5.75 Å². The highest BCUT2D eigenvalue weighted by Crippen LogP contribution is 2.50. The summed E-state index contributed by atoms with van der Waals surface area (Å²) in [6.07, 6.45) is 10.6. The molecular weight excluding hydrogens is 1040 g/mol. The lowest BCUT2D eigenvalue weighted by molar-refractivity contribution is -0.139. The summed E-state index contributed by atoms with van der Waals surface area (Å²) in [5.74, 6) is 2.11. The van der Waals surface area contributed by atoms with Crippen molar-refractivity contribution < 1.29 is 38.1 Å². The number of methoxy groups -OCH3 is 2. The Morgan fingerprint density at radius 1 is 0.789 bits per heavy atom. The van der Waals surface area contributed by atoms with Gasteiger partial charge in [0.05, 0.1) is 76.8 Å². The van der Waals surface area contributed by atoms with Gasteiger partial charge in [-0.3, -0.25) is 14.2 Å². The average molecular weight is 1120 g/mol. The van der Waals surface area contributed by atoms with Gasteiger partial charge in [0, 0.05) is 53.9 Å². The highest BCUT2D eigenvalue weighted by Gasteiger charge is 2.44. The fourth-order valence-corrected chi connectivity index (χ4v) is 12.7. The maximum absolute atomic E-state index is 14.5. The van der Waals surface area contributed by atoms with E-state index in [-0.39, 0.29) is 76.2 Å². The number of H-pyrrole nitrogens is 2. The number of ether oxygens (including phenoxy) is 4. The van der Waals surface area contributed by atoms with Gasteiger partial charge in [-0.2, -0.15) is 40.5 Å². The fourth-order valence-electron chi connectivity index (χ4n) is 11.6. The van der Waals surface area contributed by atoms with E-state index in [2.05, 4.69) is 68.5 Å². The quantitative estimate of drug-likeness (QED) is 0.0906. The second-order valence-electron chi connectivity index (χ2n) is 21.3. The number of likely N-dealkylation sites (tertiary alicyclic amines) is 2. The van der Waals surface area contributed by atoms with Gasteiger partial charge in [-0.25, -0.2) is 24.5 Å². The summed E-state index contributed by atoms with van der Waals surface area (Å²) in [5, 5.41) is 7.78. The van der Waals surface area contributed by atoms with Crippen molar-refractivity contribution in [2.24, 2.45) is 11.8 Å². The molecule has 2 aromatic carbocycles. The van der Waals surface area contributed by atoms with Gasteiger partial charge < -0.3 is 49.3 Å². The van der Waals surface area contributed by atoms with Crippen molar-refractivity contribution in [3.63, 3.8) is 0 Å². The summed E-state index contributed by atoms with van der Waals surface area (Å²) in [5.41, 5.74) is 7.16. The van der Waals surface area contributed by atoms with Gasteiger partial charge in [-0.05, 0) is 120 Å². The second-order valence-corrected chi connectivity index (χ2v) is 22.4. The molecule has 3 saturated heterocycles. The van der Waals surface area contributed by atoms with Gasteiger partial charge in [-0.15, -0.1) is 11.3 Å². The predicted octanol–water partition coefficient (Wildman–Crippen LogP) is 9.65. The maximum Gasteiger partial charge on any atom is 0.407 e. The standard InChI is InChI=1S/C54H64N10O8S.3H2S/c1-28(2)44(60-52(67)69-6)49(65)62-17-8-10-38(62)47-56-26-36(59-47)33-20-29(3)43-40-22-34-21-31(14-15-37(34)64(40)51(72-41(43)23-33)42-27-57-48(73-42)30-12-13-30)35-25-55-46(58-35)39-11-9-18-63(39)50(66)45(61-53(68)70-7)32-16-19-71-54(4,5)24-32;;;/h14-15,20-23,25-28,30,32,38-39,44-45,51H,8-13,16-19,24H2,1-7H3,(H,55,58)(H,56,59)(H,60,67)(H,61,68);3*1H2/t32?,38-,39-,44-,45?,51?;;;/m0.../s1. The van der Waals surface area contributed by atoms with Crippen LogP contribution in [0.4, 0.5) is 9.59 Å². The normalized spacial score (nSPS) is 21.3. The van der Waals surface area contributed by atoms with Crippen molar-refractivity contribution >= 4 is 86.7 Å². The number of amides is 4. The van der Waals surface area contributed by atoms with Gasteiger partial charge in [0.1, 0.15) is 29.5 Å². The zero-order valence-electron chi connectivity index (χ0n) is 44.0. The van der Waals surface area contributed by atoms with Crippen molar-refractivity contribution in [3.8, 4) is 39.5 Å². The molecule has 5 aliphatic rings. The molecule has 6 atom stereocenters. The van der Waals surface area contributed by atoms with Crippen LogP contribution in [0.25, 0.3) is 44.7 Å². The van der Waals surface area contributed by atoms with E-state index in [9.17, 15) is 19.2 Å². The number of aromatic nitrogens is 6. The molecule has 11 rings (SSSR count). The Kier molecular flexibility index (Phi) is 16.9. The molecule has 4 aromatic heterocycles. The lowest BCUT2D eigenvalue weighted by atomic mass is 9.82. The van der Waals surface area contributed by atoms with E-state index < -0.39 is 36.1 Å². The molecule has 3 unspecified atom stereocenters. The summed E-state index contributed by atoms with van der Waals surface area (Å²) in [4.78, 5) is 79.6. The number of alkyl carbamates (subject to hydrolysis) is 2. The van der Waals surface area contributed by atoms with E-state index in [1.807, 2.05) is 56.1 Å². The number of imidazole rings is 2. The van der Waals surface area contributed by atoms with Gasteiger partial charge >= 0.3 is 12.2 Å². The minimum absolute atomic E-state index is 0. The van der Waals surface area contributed by atoms with Crippen LogP contribution in [-0.4, -0.2) is 115 Å². The van der Waals surface area contributed by atoms with E-state index >= 15 is 0 Å². The molecule has 0 spiro atoms. The topological polar surface area (TPSA) is 211 Å². The van der Waals surface area contributed by atoms with Crippen molar-refractivity contribution in [1.82, 2.24) is 49.9 Å². The van der Waals surface area contributed by atoms with Crippen LogP contribution in [-0.2, 0) is 23.8 Å². The lowest BCUT2D eigenvalue weighted by Crippen LogP contribution is -2.54. The first-order valence-corrected chi connectivity index (χ1v) is 26.5. The van der Waals surface area contributed by atoms with Gasteiger partial charge in [-0.1, -0.05) is 19.9 Å². The number of hydrogen-bond acceptors (Lipinski definition) is 12. The summed E-state index contributed by atoms with van der Waals surface area (Å²) >= 11 is 1.71. The highest BCUT2D eigenvalue weighted by atomic mass is 32.1. The third kappa shape index (κ3) is 10.8. The van der Waals surface area contributed by atoms with Crippen molar-refractivity contribution in [1.29, 1.82) is 0 Å². The average Bonchev–Trinajstić information content (AvgIpc) is 4.15. The molecule has 76 heavy (non-hydrogen) atoms. The number of nitrogens with one attached hydrogen (secondary N) is 4. The molecule has 4 N–H and O–H groups in total. The number of benzene rings is 2. The number of nitrogens with zero attached hydrogens (tertiary/aromatic N) is 6. The van der Waals surface area contributed by atoms with E-state index in [0.29, 0.717) is 50.1 Å². The molecule has 8 heterocycles. The number of fused-ring (bicyclic) bond motifs is 5. The number of carbonyl (C=O) groups is 4. The van der Waals surface area contributed by atoms with Crippen LogP contribution < -0.4 is 15.4 Å². The number of carbonyl (C=O) groups excluding carboxylic acids is 4. The molecule has 4 amide bonds. The number of thiazole rings is 1. The number of aromatic amines is 2. The second kappa shape index (κ2) is 22.7. The Hall–Kier alpha value is -5.68. The van der Waals surface area contributed by atoms with E-state index in [4.69, 9.17) is 33.9 Å². The minimum Gasteiger partial charge on any atom is -0.464 e. The Balaban J connectivity index is 0.00000255. The smallest absolute Gasteiger partial charge is 0.407 e. The molecule has 4 aliphatic heterocycles. The summed E-state index contributed by atoms with van der Waals surface area (Å²) < 4.78 is 25.2. The van der Waals surface area contributed by atoms with Crippen LogP contribution in [0.3, 0.4) is 0 Å². The van der Waals surface area contributed by atoms with E-state index in [1.165, 1.54) is 14.2 Å². The molecule has 0 radical (unpaired) electrons.